The van der Waals surface area contributed by atoms with E-state index in [1.54, 1.807) is 0 Å². The second-order valence-corrected chi connectivity index (χ2v) is 3.85. The van der Waals surface area contributed by atoms with E-state index in [2.05, 4.69) is 9.73 Å². The van der Waals surface area contributed by atoms with Crippen LogP contribution in [0.25, 0.3) is 0 Å². The molecule has 0 aliphatic heterocycles. The molecule has 1 amide bonds. The molecule has 0 spiro atoms. The zero-order valence-corrected chi connectivity index (χ0v) is 10.2. The number of benzene rings is 1. The minimum Gasteiger partial charge on any atom is -0.478 e. The van der Waals surface area contributed by atoms with E-state index in [-0.39, 0.29) is 17.0 Å². The summed E-state index contributed by atoms with van der Waals surface area (Å²) in [4.78, 5) is 31.9. The Morgan fingerprint density at radius 3 is 2.52 bits per heavy atom. The number of nitro groups is 1. The third kappa shape index (κ3) is 3.03. The summed E-state index contributed by atoms with van der Waals surface area (Å²) in [6, 6.07) is 4.96. The Kier molecular flexibility index (Phi) is 3.65. The molecule has 21 heavy (non-hydrogen) atoms. The minimum absolute atomic E-state index is 0.274. The molecule has 1 aromatic carbocycles. The average Bonchev–Trinajstić information content (AvgIpc) is 2.90. The van der Waals surface area contributed by atoms with Crippen LogP contribution in [0.1, 0.15) is 20.9 Å². The first kappa shape index (κ1) is 14.2. The number of rotatable bonds is 4. The molecule has 8 nitrogen and oxygen atoms in total. The van der Waals surface area contributed by atoms with Crippen molar-refractivity contribution >= 4 is 23.4 Å². The summed E-state index contributed by atoms with van der Waals surface area (Å²) in [7, 11) is 0. The molecular formula is C12H7FN2O6. The Morgan fingerprint density at radius 1 is 1.29 bits per heavy atom. The van der Waals surface area contributed by atoms with Crippen molar-refractivity contribution in [2.24, 2.45) is 0 Å². The molecule has 0 saturated carbocycles. The number of furan rings is 1. The predicted molar refractivity (Wildman–Crippen MR) is 66.7 cm³/mol. The lowest BCUT2D eigenvalue weighted by molar-refractivity contribution is -0.402. The molecule has 0 saturated heterocycles. The quantitative estimate of drug-likeness (QED) is 0.658. The van der Waals surface area contributed by atoms with Crippen molar-refractivity contribution < 1.29 is 28.4 Å². The summed E-state index contributed by atoms with van der Waals surface area (Å²) in [5, 5.41) is 21.2. The van der Waals surface area contributed by atoms with Gasteiger partial charge in [-0.05, 0) is 24.3 Å². The smallest absolute Gasteiger partial charge is 0.433 e. The highest BCUT2D eigenvalue weighted by Gasteiger charge is 2.18. The van der Waals surface area contributed by atoms with Crippen molar-refractivity contribution in [2.75, 3.05) is 5.32 Å². The molecule has 0 bridgehead atoms. The molecule has 0 fully saturated rings. The van der Waals surface area contributed by atoms with Crippen LogP contribution < -0.4 is 5.32 Å². The van der Waals surface area contributed by atoms with Gasteiger partial charge in [0.2, 0.25) is 0 Å². The lowest BCUT2D eigenvalue weighted by atomic mass is 10.2. The molecule has 0 aliphatic rings. The number of carbonyl (C=O) groups excluding carboxylic acids is 1. The average molecular weight is 294 g/mol. The van der Waals surface area contributed by atoms with E-state index in [4.69, 9.17) is 5.11 Å². The monoisotopic (exact) mass is 294 g/mol. The van der Waals surface area contributed by atoms with Gasteiger partial charge in [0.15, 0.2) is 5.76 Å². The lowest BCUT2D eigenvalue weighted by Gasteiger charge is -2.05. The van der Waals surface area contributed by atoms with Gasteiger partial charge < -0.3 is 14.8 Å². The predicted octanol–water partition coefficient (Wildman–Crippen LogP) is 2.28. The fourth-order valence-corrected chi connectivity index (χ4v) is 1.48. The van der Waals surface area contributed by atoms with Crippen molar-refractivity contribution in [3.63, 3.8) is 0 Å². The highest BCUT2D eigenvalue weighted by atomic mass is 19.1. The van der Waals surface area contributed by atoms with Gasteiger partial charge in [-0.1, -0.05) is 0 Å². The second kappa shape index (κ2) is 5.41. The van der Waals surface area contributed by atoms with Crippen molar-refractivity contribution in [3.8, 4) is 0 Å². The maximum absolute atomic E-state index is 13.6. The second-order valence-electron chi connectivity index (χ2n) is 3.85. The molecule has 1 aromatic heterocycles. The Morgan fingerprint density at radius 2 is 2.00 bits per heavy atom. The van der Waals surface area contributed by atoms with Gasteiger partial charge in [0, 0.05) is 0 Å². The van der Waals surface area contributed by atoms with E-state index in [9.17, 15) is 24.1 Å². The molecule has 108 valence electrons. The van der Waals surface area contributed by atoms with Crippen molar-refractivity contribution in [3.05, 3.63) is 57.6 Å². The maximum atomic E-state index is 13.6. The zero-order chi connectivity index (χ0) is 15.6. The summed E-state index contributed by atoms with van der Waals surface area (Å²) in [6.07, 6.45) is 0. The number of nitrogens with one attached hydrogen (secondary N) is 1. The van der Waals surface area contributed by atoms with Gasteiger partial charge in [0.1, 0.15) is 10.7 Å². The van der Waals surface area contributed by atoms with Crippen LogP contribution in [0.3, 0.4) is 0 Å². The van der Waals surface area contributed by atoms with Gasteiger partial charge >= 0.3 is 11.9 Å². The van der Waals surface area contributed by atoms with E-state index in [1.165, 1.54) is 0 Å². The topological polar surface area (TPSA) is 123 Å². The number of aromatic carboxylic acids is 1. The molecule has 2 rings (SSSR count). The van der Waals surface area contributed by atoms with Gasteiger partial charge in [0.05, 0.1) is 17.3 Å². The van der Waals surface area contributed by atoms with E-state index >= 15 is 0 Å². The zero-order valence-electron chi connectivity index (χ0n) is 10.2. The number of nitrogens with zero attached hydrogens (tertiary/aromatic N) is 1. The van der Waals surface area contributed by atoms with Crippen LogP contribution in [0.2, 0.25) is 0 Å². The third-order valence-electron chi connectivity index (χ3n) is 2.46. The van der Waals surface area contributed by atoms with Crippen molar-refractivity contribution in [2.45, 2.75) is 0 Å². The maximum Gasteiger partial charge on any atom is 0.433 e. The normalized spacial score (nSPS) is 10.1. The largest absolute Gasteiger partial charge is 0.478 e. The Bertz CT molecular complexity index is 739. The summed E-state index contributed by atoms with van der Waals surface area (Å²) in [5.41, 5.74) is -0.553. The van der Waals surface area contributed by atoms with E-state index in [1.807, 2.05) is 0 Å². The van der Waals surface area contributed by atoms with Crippen LogP contribution in [0, 0.1) is 15.9 Å². The Hall–Kier alpha value is -3.23. The highest BCUT2D eigenvalue weighted by Crippen LogP contribution is 2.19. The first-order valence-electron chi connectivity index (χ1n) is 5.47. The van der Waals surface area contributed by atoms with E-state index in [0.717, 1.165) is 30.3 Å². The number of amides is 1. The van der Waals surface area contributed by atoms with E-state index in [0.29, 0.717) is 0 Å². The summed E-state index contributed by atoms with van der Waals surface area (Å²) >= 11 is 0. The van der Waals surface area contributed by atoms with Gasteiger partial charge in [0.25, 0.3) is 5.91 Å². The van der Waals surface area contributed by atoms with Gasteiger partial charge in [-0.25, -0.2) is 9.18 Å². The SMILES string of the molecule is O=C(O)c1ccc(NC(=O)c2ccc([N+](=O)[O-])o2)c(F)c1. The number of halogens is 1. The highest BCUT2D eigenvalue weighted by molar-refractivity contribution is 6.02. The number of carboxylic acids is 1. The third-order valence-corrected chi connectivity index (χ3v) is 2.46. The molecule has 1 heterocycles. The molecule has 0 radical (unpaired) electrons. The number of anilines is 1. The molecule has 0 atom stereocenters. The molecule has 2 aromatic rings. The van der Waals surface area contributed by atoms with Crippen LogP contribution in [-0.4, -0.2) is 21.9 Å². The molecular weight excluding hydrogens is 287 g/mol. The first-order valence-corrected chi connectivity index (χ1v) is 5.47. The van der Waals surface area contributed by atoms with Crippen molar-refractivity contribution in [1.29, 1.82) is 0 Å². The summed E-state index contributed by atoms with van der Waals surface area (Å²) in [5.74, 6) is -4.16. The molecule has 0 aliphatic carbocycles. The van der Waals surface area contributed by atoms with Gasteiger partial charge in [-0.3, -0.25) is 14.9 Å². The summed E-state index contributed by atoms with van der Waals surface area (Å²) < 4.78 is 18.3. The van der Waals surface area contributed by atoms with Crippen LogP contribution in [0.5, 0.6) is 0 Å². The number of carbonyl (C=O) groups is 2. The molecule has 9 heteroatoms. The standard InChI is InChI=1S/C12H7FN2O6/c13-7-5-6(12(17)18)1-2-8(7)14-11(16)9-3-4-10(21-9)15(19)20/h1-5H,(H,14,16)(H,17,18). The van der Waals surface area contributed by atoms with Crippen molar-refractivity contribution in [1.82, 2.24) is 0 Å². The fraction of sp³-hybridized carbons (Fsp3) is 0. The summed E-state index contributed by atoms with van der Waals surface area (Å²) in [6.45, 7) is 0. The number of carboxylic acid groups (broad SMARTS) is 1. The van der Waals surface area contributed by atoms with E-state index < -0.39 is 28.5 Å². The fourth-order valence-electron chi connectivity index (χ4n) is 1.48. The molecule has 0 unspecified atom stereocenters. The Balaban J connectivity index is 2.19. The van der Waals surface area contributed by atoms with Crippen LogP contribution in [0.15, 0.2) is 34.7 Å². The number of hydrogen-bond acceptors (Lipinski definition) is 5. The first-order chi connectivity index (χ1) is 9.88. The van der Waals surface area contributed by atoms with Gasteiger partial charge in [-0.2, -0.15) is 0 Å². The lowest BCUT2D eigenvalue weighted by Crippen LogP contribution is -2.12. The molecule has 2 N–H and O–H groups in total. The van der Waals surface area contributed by atoms with Crippen LogP contribution in [0.4, 0.5) is 16.0 Å². The minimum atomic E-state index is -1.31. The van der Waals surface area contributed by atoms with Crippen LogP contribution in [-0.2, 0) is 0 Å². The van der Waals surface area contributed by atoms with Crippen LogP contribution >= 0.6 is 0 Å². The Labute approximate surface area is 115 Å². The number of hydrogen-bond donors (Lipinski definition) is 2. The van der Waals surface area contributed by atoms with Gasteiger partial charge in [-0.15, -0.1) is 0 Å².